The molecule has 6 nitrogen and oxygen atoms in total. The molecule has 3 rings (SSSR count). The minimum atomic E-state index is -1.17. The van der Waals surface area contributed by atoms with Gasteiger partial charge in [-0.05, 0) is 38.8 Å². The zero-order valence-corrected chi connectivity index (χ0v) is 11.9. The van der Waals surface area contributed by atoms with Crippen LogP contribution in [0.25, 0.3) is 11.1 Å². The first-order valence-electron chi connectivity index (χ1n) is 6.84. The number of amides is 1. The number of aromatic nitrogens is 1. The summed E-state index contributed by atoms with van der Waals surface area (Å²) in [4.78, 5) is 29.7. The Morgan fingerprint density at radius 1 is 1.43 bits per heavy atom. The van der Waals surface area contributed by atoms with Crippen LogP contribution < -0.4 is 0 Å². The predicted molar refractivity (Wildman–Crippen MR) is 75.1 cm³/mol. The molecule has 1 aliphatic rings. The summed E-state index contributed by atoms with van der Waals surface area (Å²) < 4.78 is 5.52. The monoisotopic (exact) mass is 288 g/mol. The van der Waals surface area contributed by atoms with Gasteiger partial charge in [0.1, 0.15) is 11.1 Å². The first-order valence-corrected chi connectivity index (χ1v) is 6.84. The van der Waals surface area contributed by atoms with E-state index >= 15 is 0 Å². The Morgan fingerprint density at radius 3 is 2.90 bits per heavy atom. The zero-order chi connectivity index (χ0) is 15.2. The second-order valence-electron chi connectivity index (χ2n) is 5.59. The van der Waals surface area contributed by atoms with Gasteiger partial charge in [0, 0.05) is 18.3 Å². The Labute approximate surface area is 121 Å². The summed E-state index contributed by atoms with van der Waals surface area (Å²) in [6, 6.07) is 5.14. The average Bonchev–Trinajstić information content (AvgIpc) is 3.01. The molecule has 6 heteroatoms. The molecule has 0 saturated carbocycles. The highest BCUT2D eigenvalue weighted by atomic mass is 16.4. The maximum Gasteiger partial charge on any atom is 0.329 e. The van der Waals surface area contributed by atoms with Crippen LogP contribution in [0.1, 0.15) is 36.0 Å². The SMILES string of the molecule is Cc1ccc2oc(C(=O)N3CCCC3(C)C(=O)O)cc2n1. The first kappa shape index (κ1) is 13.6. The van der Waals surface area contributed by atoms with Crippen molar-refractivity contribution in [3.05, 3.63) is 29.7 Å². The Morgan fingerprint density at radius 2 is 2.19 bits per heavy atom. The van der Waals surface area contributed by atoms with Crippen molar-refractivity contribution < 1.29 is 19.1 Å². The number of rotatable bonds is 2. The van der Waals surface area contributed by atoms with E-state index < -0.39 is 17.4 Å². The summed E-state index contributed by atoms with van der Waals surface area (Å²) in [5.41, 5.74) is 0.799. The highest BCUT2D eigenvalue weighted by molar-refractivity contribution is 5.98. The molecule has 1 atom stereocenters. The fourth-order valence-electron chi connectivity index (χ4n) is 2.78. The van der Waals surface area contributed by atoms with Gasteiger partial charge in [-0.25, -0.2) is 9.78 Å². The molecule has 21 heavy (non-hydrogen) atoms. The summed E-state index contributed by atoms with van der Waals surface area (Å²) in [6.07, 6.45) is 1.12. The molecule has 1 unspecified atom stereocenters. The summed E-state index contributed by atoms with van der Waals surface area (Å²) in [6.45, 7) is 3.85. The molecule has 1 saturated heterocycles. The van der Waals surface area contributed by atoms with Crippen LogP contribution in [0.2, 0.25) is 0 Å². The molecule has 3 heterocycles. The van der Waals surface area contributed by atoms with Crippen molar-refractivity contribution in [1.82, 2.24) is 9.88 Å². The van der Waals surface area contributed by atoms with E-state index in [1.807, 2.05) is 6.92 Å². The molecule has 0 aromatic carbocycles. The third kappa shape index (κ3) is 2.07. The van der Waals surface area contributed by atoms with E-state index in [0.29, 0.717) is 30.5 Å². The normalized spacial score (nSPS) is 21.9. The number of carboxylic acid groups (broad SMARTS) is 1. The lowest BCUT2D eigenvalue weighted by molar-refractivity contribution is -0.147. The van der Waals surface area contributed by atoms with Gasteiger partial charge in [0.15, 0.2) is 11.3 Å². The zero-order valence-electron chi connectivity index (χ0n) is 11.9. The van der Waals surface area contributed by atoms with Crippen LogP contribution in [0, 0.1) is 6.92 Å². The minimum Gasteiger partial charge on any atom is -0.480 e. The number of hydrogen-bond donors (Lipinski definition) is 1. The number of likely N-dealkylation sites (tertiary alicyclic amines) is 1. The molecule has 0 radical (unpaired) electrons. The fraction of sp³-hybridized carbons (Fsp3) is 0.400. The quantitative estimate of drug-likeness (QED) is 0.916. The van der Waals surface area contributed by atoms with Gasteiger partial charge in [-0.15, -0.1) is 0 Å². The maximum absolute atomic E-state index is 12.6. The predicted octanol–water partition coefficient (Wildman–Crippen LogP) is 2.22. The van der Waals surface area contributed by atoms with E-state index in [9.17, 15) is 14.7 Å². The molecule has 0 aliphatic carbocycles. The molecular formula is C15H16N2O4. The van der Waals surface area contributed by atoms with Crippen LogP contribution in [0.3, 0.4) is 0 Å². The Bertz CT molecular complexity index is 736. The van der Waals surface area contributed by atoms with Crippen molar-refractivity contribution in [2.24, 2.45) is 0 Å². The molecule has 1 amide bonds. The fourth-order valence-corrected chi connectivity index (χ4v) is 2.78. The van der Waals surface area contributed by atoms with Crippen LogP contribution in [-0.2, 0) is 4.79 Å². The molecule has 1 fully saturated rings. The average molecular weight is 288 g/mol. The van der Waals surface area contributed by atoms with Crippen LogP contribution in [0.5, 0.6) is 0 Å². The van der Waals surface area contributed by atoms with Gasteiger partial charge in [0.2, 0.25) is 0 Å². The number of furan rings is 1. The number of carbonyl (C=O) groups is 2. The van der Waals surface area contributed by atoms with Gasteiger partial charge in [0.25, 0.3) is 5.91 Å². The number of carbonyl (C=O) groups excluding carboxylic acids is 1. The molecule has 1 N–H and O–H groups in total. The Hall–Kier alpha value is -2.37. The second-order valence-corrected chi connectivity index (χ2v) is 5.59. The Kier molecular flexibility index (Phi) is 2.97. The molecule has 0 bridgehead atoms. The van der Waals surface area contributed by atoms with Crippen LogP contribution >= 0.6 is 0 Å². The van der Waals surface area contributed by atoms with Crippen molar-refractivity contribution in [2.75, 3.05) is 6.54 Å². The van der Waals surface area contributed by atoms with Gasteiger partial charge in [-0.2, -0.15) is 0 Å². The van der Waals surface area contributed by atoms with Gasteiger partial charge in [-0.1, -0.05) is 0 Å². The van der Waals surface area contributed by atoms with Gasteiger partial charge in [-0.3, -0.25) is 4.79 Å². The van der Waals surface area contributed by atoms with Crippen molar-refractivity contribution in [1.29, 1.82) is 0 Å². The Balaban J connectivity index is 1.98. The third-order valence-electron chi connectivity index (χ3n) is 4.07. The highest BCUT2D eigenvalue weighted by Gasteiger charge is 2.46. The van der Waals surface area contributed by atoms with Gasteiger partial charge < -0.3 is 14.4 Å². The van der Waals surface area contributed by atoms with Crippen molar-refractivity contribution >= 4 is 23.0 Å². The molecule has 1 aliphatic heterocycles. The summed E-state index contributed by atoms with van der Waals surface area (Å²) >= 11 is 0. The maximum atomic E-state index is 12.6. The van der Waals surface area contributed by atoms with E-state index in [1.54, 1.807) is 25.1 Å². The van der Waals surface area contributed by atoms with E-state index in [4.69, 9.17) is 4.42 Å². The highest BCUT2D eigenvalue weighted by Crippen LogP contribution is 2.31. The molecule has 110 valence electrons. The van der Waals surface area contributed by atoms with E-state index in [1.165, 1.54) is 4.90 Å². The lowest BCUT2D eigenvalue weighted by atomic mass is 9.99. The minimum absolute atomic E-state index is 0.137. The van der Waals surface area contributed by atoms with Gasteiger partial charge in [0.05, 0.1) is 0 Å². The molecule has 2 aromatic rings. The van der Waals surface area contributed by atoms with E-state index in [0.717, 1.165) is 5.69 Å². The molecule has 2 aromatic heterocycles. The number of aliphatic carboxylic acids is 1. The van der Waals surface area contributed by atoms with Crippen LogP contribution in [-0.4, -0.2) is 39.0 Å². The molecular weight excluding hydrogens is 272 g/mol. The van der Waals surface area contributed by atoms with Crippen molar-refractivity contribution in [2.45, 2.75) is 32.2 Å². The van der Waals surface area contributed by atoms with E-state index in [2.05, 4.69) is 4.98 Å². The van der Waals surface area contributed by atoms with Gasteiger partial charge >= 0.3 is 5.97 Å². The number of pyridine rings is 1. The standard InChI is InChI=1S/C15H16N2O4/c1-9-4-5-11-10(16-9)8-12(21-11)13(18)17-7-3-6-15(17,2)14(19)20/h4-5,8H,3,6-7H2,1-2H3,(H,19,20). The number of aryl methyl sites for hydroxylation is 1. The number of hydrogen-bond acceptors (Lipinski definition) is 4. The number of carboxylic acids is 1. The van der Waals surface area contributed by atoms with E-state index in [-0.39, 0.29) is 5.76 Å². The lowest BCUT2D eigenvalue weighted by Crippen LogP contribution is -2.50. The largest absolute Gasteiger partial charge is 0.480 e. The smallest absolute Gasteiger partial charge is 0.329 e. The van der Waals surface area contributed by atoms with Crippen molar-refractivity contribution in [3.63, 3.8) is 0 Å². The van der Waals surface area contributed by atoms with Crippen molar-refractivity contribution in [3.8, 4) is 0 Å². The molecule has 0 spiro atoms. The lowest BCUT2D eigenvalue weighted by Gasteiger charge is -2.30. The summed E-state index contributed by atoms with van der Waals surface area (Å²) in [7, 11) is 0. The first-order chi connectivity index (χ1) is 9.91. The summed E-state index contributed by atoms with van der Waals surface area (Å²) in [5, 5.41) is 9.38. The van der Waals surface area contributed by atoms with Crippen LogP contribution in [0.15, 0.2) is 22.6 Å². The van der Waals surface area contributed by atoms with Crippen LogP contribution in [0.4, 0.5) is 0 Å². The number of fused-ring (bicyclic) bond motifs is 1. The third-order valence-corrected chi connectivity index (χ3v) is 4.07. The second kappa shape index (κ2) is 4.58. The topological polar surface area (TPSA) is 83.6 Å². The summed E-state index contributed by atoms with van der Waals surface area (Å²) in [5.74, 6) is -1.25. The number of nitrogens with zero attached hydrogens (tertiary/aromatic N) is 2.